The molecule has 0 bridgehead atoms. The normalized spacial score (nSPS) is 14.3. The van der Waals surface area contributed by atoms with Gasteiger partial charge in [-0.15, -0.1) is 0 Å². The van der Waals surface area contributed by atoms with Gasteiger partial charge in [0, 0.05) is 17.6 Å². The quantitative estimate of drug-likeness (QED) is 0.430. The number of anilines is 1. The highest BCUT2D eigenvalue weighted by molar-refractivity contribution is 5.77. The average Bonchev–Trinajstić information content (AvgIpc) is 3.58. The van der Waals surface area contributed by atoms with Crippen molar-refractivity contribution in [2.45, 2.75) is 25.9 Å². The van der Waals surface area contributed by atoms with E-state index in [1.165, 1.54) is 25.0 Å². The molecule has 1 fully saturated rings. The SMILES string of the molecule is C=C(Nc1ccc(=N)n(/C(C)=C/C2CC2)c1)c1ccc(-c2ccc(C(F)(F)F)cc2)cc1. The molecule has 2 N–H and O–H groups in total. The molecule has 1 aliphatic carbocycles. The third-order valence-electron chi connectivity index (χ3n) is 5.50. The third-order valence-corrected chi connectivity index (χ3v) is 5.50. The molecule has 0 saturated heterocycles. The minimum absolute atomic E-state index is 0.413. The number of halogens is 3. The summed E-state index contributed by atoms with van der Waals surface area (Å²) in [6.45, 7) is 6.12. The molecule has 164 valence electrons. The Hall–Kier alpha value is -3.54. The van der Waals surface area contributed by atoms with Crippen molar-refractivity contribution in [3.05, 3.63) is 96.1 Å². The summed E-state index contributed by atoms with van der Waals surface area (Å²) in [5.41, 5.74) is 4.71. The molecule has 4 rings (SSSR count). The minimum Gasteiger partial charge on any atom is -0.354 e. The van der Waals surface area contributed by atoms with Crippen LogP contribution in [0.15, 0.2) is 79.5 Å². The standard InChI is InChI=1S/C26H24F3N3/c1-17(15-19-3-4-19)32-16-24(13-14-25(32)30)31-18(2)20-5-7-21(8-6-20)22-9-11-23(12-10-22)26(27,28)29/h5-16,19,30-31H,2-4H2,1H3/b17-15+,30-25?. The predicted octanol–water partition coefficient (Wildman–Crippen LogP) is 7.01. The Kier molecular flexibility index (Phi) is 5.78. The van der Waals surface area contributed by atoms with E-state index in [-0.39, 0.29) is 0 Å². The molecule has 0 aliphatic heterocycles. The fourth-order valence-electron chi connectivity index (χ4n) is 3.51. The minimum atomic E-state index is -4.34. The Morgan fingerprint density at radius 3 is 2.16 bits per heavy atom. The molecule has 0 atom stereocenters. The molecule has 0 amide bonds. The molecule has 6 heteroatoms. The Balaban J connectivity index is 1.48. The molecule has 0 unspecified atom stereocenters. The van der Waals surface area contributed by atoms with Gasteiger partial charge in [0.15, 0.2) is 0 Å². The van der Waals surface area contributed by atoms with E-state index in [9.17, 15) is 13.2 Å². The van der Waals surface area contributed by atoms with Gasteiger partial charge in [0.2, 0.25) is 0 Å². The lowest BCUT2D eigenvalue weighted by molar-refractivity contribution is -0.137. The Morgan fingerprint density at radius 1 is 1.00 bits per heavy atom. The van der Waals surface area contributed by atoms with Crippen molar-refractivity contribution in [2.75, 3.05) is 5.32 Å². The second-order valence-electron chi connectivity index (χ2n) is 8.07. The molecule has 3 nitrogen and oxygen atoms in total. The number of hydrogen-bond acceptors (Lipinski definition) is 2. The van der Waals surface area contributed by atoms with Crippen LogP contribution in [0, 0.1) is 11.3 Å². The van der Waals surface area contributed by atoms with Crippen molar-refractivity contribution in [1.29, 1.82) is 5.41 Å². The van der Waals surface area contributed by atoms with Crippen LogP contribution in [0.4, 0.5) is 18.9 Å². The fourth-order valence-corrected chi connectivity index (χ4v) is 3.51. The van der Waals surface area contributed by atoms with Crippen LogP contribution in [0.5, 0.6) is 0 Å². The summed E-state index contributed by atoms with van der Waals surface area (Å²) < 4.78 is 40.1. The summed E-state index contributed by atoms with van der Waals surface area (Å²) in [5.74, 6) is 0.622. The number of rotatable bonds is 6. The largest absolute Gasteiger partial charge is 0.416 e. The molecule has 1 heterocycles. The van der Waals surface area contributed by atoms with Gasteiger partial charge in [-0.3, -0.25) is 5.41 Å². The zero-order chi connectivity index (χ0) is 22.9. The van der Waals surface area contributed by atoms with E-state index in [0.717, 1.165) is 34.6 Å². The Bertz CT molecular complexity index is 1210. The number of nitrogens with one attached hydrogen (secondary N) is 2. The molecular weight excluding hydrogens is 411 g/mol. The topological polar surface area (TPSA) is 40.8 Å². The van der Waals surface area contributed by atoms with Crippen LogP contribution < -0.4 is 10.8 Å². The highest BCUT2D eigenvalue weighted by Gasteiger charge is 2.29. The molecule has 1 saturated carbocycles. The number of allylic oxidation sites excluding steroid dienone is 2. The first-order chi connectivity index (χ1) is 15.2. The second kappa shape index (κ2) is 8.54. The van der Waals surface area contributed by atoms with Crippen molar-refractivity contribution < 1.29 is 13.2 Å². The second-order valence-corrected chi connectivity index (χ2v) is 8.07. The van der Waals surface area contributed by atoms with E-state index in [1.54, 1.807) is 6.07 Å². The monoisotopic (exact) mass is 435 g/mol. The summed E-state index contributed by atoms with van der Waals surface area (Å²) in [5, 5.41) is 11.5. The van der Waals surface area contributed by atoms with Crippen molar-refractivity contribution in [3.63, 3.8) is 0 Å². The number of nitrogens with zero attached hydrogens (tertiary/aromatic N) is 1. The number of pyridine rings is 1. The first-order valence-electron chi connectivity index (χ1n) is 10.4. The van der Waals surface area contributed by atoms with Gasteiger partial charge in [0.05, 0.1) is 11.3 Å². The van der Waals surface area contributed by atoms with Gasteiger partial charge in [-0.1, -0.05) is 49.1 Å². The van der Waals surface area contributed by atoms with Crippen LogP contribution in [0.3, 0.4) is 0 Å². The maximum atomic E-state index is 12.8. The van der Waals surface area contributed by atoms with Gasteiger partial charge in [-0.25, -0.2) is 0 Å². The first-order valence-corrected chi connectivity index (χ1v) is 10.4. The lowest BCUT2D eigenvalue weighted by Crippen LogP contribution is -2.17. The van der Waals surface area contributed by atoms with Crippen LogP contribution in [0.2, 0.25) is 0 Å². The summed E-state index contributed by atoms with van der Waals surface area (Å²) in [6, 6.07) is 16.2. The van der Waals surface area contributed by atoms with Crippen LogP contribution in [-0.2, 0) is 6.18 Å². The first kappa shape index (κ1) is 21.7. The lowest BCUT2D eigenvalue weighted by atomic mass is 10.0. The highest BCUT2D eigenvalue weighted by atomic mass is 19.4. The van der Waals surface area contributed by atoms with Gasteiger partial charge in [-0.2, -0.15) is 13.2 Å². The third kappa shape index (κ3) is 5.02. The van der Waals surface area contributed by atoms with Gasteiger partial charge < -0.3 is 9.88 Å². The van der Waals surface area contributed by atoms with E-state index in [2.05, 4.69) is 18.0 Å². The average molecular weight is 435 g/mol. The number of aromatic nitrogens is 1. The van der Waals surface area contributed by atoms with E-state index in [0.29, 0.717) is 22.7 Å². The molecule has 2 aromatic carbocycles. The van der Waals surface area contributed by atoms with Crippen molar-refractivity contribution in [1.82, 2.24) is 4.57 Å². The van der Waals surface area contributed by atoms with E-state index in [4.69, 9.17) is 5.41 Å². The lowest BCUT2D eigenvalue weighted by Gasteiger charge is -2.14. The van der Waals surface area contributed by atoms with E-state index in [1.807, 2.05) is 48.0 Å². The smallest absolute Gasteiger partial charge is 0.354 e. The van der Waals surface area contributed by atoms with Gasteiger partial charge in [-0.05, 0) is 66.6 Å². The van der Waals surface area contributed by atoms with Crippen molar-refractivity contribution in [2.24, 2.45) is 5.92 Å². The maximum absolute atomic E-state index is 12.8. The summed E-state index contributed by atoms with van der Waals surface area (Å²) in [4.78, 5) is 0. The van der Waals surface area contributed by atoms with Crippen LogP contribution in [-0.4, -0.2) is 4.57 Å². The zero-order valence-electron chi connectivity index (χ0n) is 17.7. The van der Waals surface area contributed by atoms with Crippen LogP contribution >= 0.6 is 0 Å². The van der Waals surface area contributed by atoms with Crippen LogP contribution in [0.25, 0.3) is 22.5 Å². The van der Waals surface area contributed by atoms with Gasteiger partial charge in [0.1, 0.15) is 5.49 Å². The van der Waals surface area contributed by atoms with Gasteiger partial charge in [0.25, 0.3) is 0 Å². The zero-order valence-corrected chi connectivity index (χ0v) is 17.7. The number of benzene rings is 2. The summed E-state index contributed by atoms with van der Waals surface area (Å²) >= 11 is 0. The molecule has 32 heavy (non-hydrogen) atoms. The molecule has 0 spiro atoms. The summed E-state index contributed by atoms with van der Waals surface area (Å²) in [6.07, 6.45) is 2.17. The molecular formula is C26H24F3N3. The highest BCUT2D eigenvalue weighted by Crippen LogP contribution is 2.32. The molecule has 1 aliphatic rings. The predicted molar refractivity (Wildman–Crippen MR) is 122 cm³/mol. The number of alkyl halides is 3. The number of hydrogen-bond donors (Lipinski definition) is 2. The fraction of sp³-hybridized carbons (Fsp3) is 0.192. The molecule has 3 aromatic rings. The van der Waals surface area contributed by atoms with Crippen LogP contribution in [0.1, 0.15) is 30.9 Å². The van der Waals surface area contributed by atoms with Crippen molar-refractivity contribution >= 4 is 17.1 Å². The molecule has 0 radical (unpaired) electrons. The van der Waals surface area contributed by atoms with Gasteiger partial charge >= 0.3 is 6.18 Å². The Morgan fingerprint density at radius 2 is 1.59 bits per heavy atom. The van der Waals surface area contributed by atoms with E-state index >= 15 is 0 Å². The molecule has 1 aromatic heterocycles. The Labute approximate surface area is 185 Å². The van der Waals surface area contributed by atoms with E-state index < -0.39 is 11.7 Å². The van der Waals surface area contributed by atoms with Crippen molar-refractivity contribution in [3.8, 4) is 11.1 Å². The summed E-state index contributed by atoms with van der Waals surface area (Å²) in [7, 11) is 0. The maximum Gasteiger partial charge on any atom is 0.416 e.